The van der Waals surface area contributed by atoms with Crippen LogP contribution in [0.2, 0.25) is 0 Å². The number of ketones is 1. The SMILES string of the molecule is CC(=O)OCC(=O)c1ccc(N2CCOCC2)cc1. The first-order valence-corrected chi connectivity index (χ1v) is 6.26. The molecule has 0 radical (unpaired) electrons. The fraction of sp³-hybridized carbons (Fsp3) is 0.429. The number of carbonyl (C=O) groups excluding carboxylic acids is 2. The van der Waals surface area contributed by atoms with Crippen molar-refractivity contribution in [3.63, 3.8) is 0 Å². The van der Waals surface area contributed by atoms with E-state index in [-0.39, 0.29) is 12.4 Å². The number of anilines is 1. The van der Waals surface area contributed by atoms with Gasteiger partial charge in [0, 0.05) is 31.3 Å². The lowest BCUT2D eigenvalue weighted by Gasteiger charge is -2.28. The van der Waals surface area contributed by atoms with Crippen LogP contribution in [0.15, 0.2) is 24.3 Å². The van der Waals surface area contributed by atoms with Crippen LogP contribution in [0, 0.1) is 0 Å². The highest BCUT2D eigenvalue weighted by molar-refractivity contribution is 5.98. The summed E-state index contributed by atoms with van der Waals surface area (Å²) in [6.07, 6.45) is 0. The van der Waals surface area contributed by atoms with Gasteiger partial charge in [-0.2, -0.15) is 0 Å². The first kappa shape index (κ1) is 13.5. The van der Waals surface area contributed by atoms with Crippen molar-refractivity contribution in [1.82, 2.24) is 0 Å². The molecule has 1 aliphatic rings. The van der Waals surface area contributed by atoms with E-state index in [0.29, 0.717) is 5.56 Å². The number of esters is 1. The first-order valence-electron chi connectivity index (χ1n) is 6.26. The number of hydrogen-bond acceptors (Lipinski definition) is 5. The van der Waals surface area contributed by atoms with Crippen LogP contribution in [0.4, 0.5) is 5.69 Å². The Bertz CT molecular complexity index is 449. The van der Waals surface area contributed by atoms with Crippen molar-refractivity contribution >= 4 is 17.4 Å². The number of rotatable bonds is 4. The van der Waals surface area contributed by atoms with Crippen molar-refractivity contribution in [2.75, 3.05) is 37.8 Å². The van der Waals surface area contributed by atoms with Gasteiger partial charge in [-0.05, 0) is 24.3 Å². The third-order valence-corrected chi connectivity index (χ3v) is 2.97. The molecule has 2 rings (SSSR count). The maximum atomic E-state index is 11.7. The summed E-state index contributed by atoms with van der Waals surface area (Å²) >= 11 is 0. The zero-order chi connectivity index (χ0) is 13.7. The molecule has 0 aliphatic carbocycles. The van der Waals surface area contributed by atoms with Crippen molar-refractivity contribution in [2.24, 2.45) is 0 Å². The number of morpholine rings is 1. The largest absolute Gasteiger partial charge is 0.457 e. The van der Waals surface area contributed by atoms with Crippen LogP contribution in [-0.2, 0) is 14.3 Å². The molecule has 1 saturated heterocycles. The van der Waals surface area contributed by atoms with Gasteiger partial charge in [0.15, 0.2) is 12.4 Å². The molecule has 0 spiro atoms. The minimum Gasteiger partial charge on any atom is -0.457 e. The van der Waals surface area contributed by atoms with Crippen molar-refractivity contribution in [2.45, 2.75) is 6.92 Å². The van der Waals surface area contributed by atoms with Gasteiger partial charge in [-0.25, -0.2) is 0 Å². The molecule has 102 valence electrons. The quantitative estimate of drug-likeness (QED) is 0.605. The summed E-state index contributed by atoms with van der Waals surface area (Å²) in [4.78, 5) is 24.6. The number of nitrogens with zero attached hydrogens (tertiary/aromatic N) is 1. The Morgan fingerprint density at radius 2 is 1.84 bits per heavy atom. The highest BCUT2D eigenvalue weighted by Gasteiger charge is 2.12. The van der Waals surface area contributed by atoms with Crippen LogP contribution >= 0.6 is 0 Å². The second-order valence-electron chi connectivity index (χ2n) is 4.35. The molecule has 19 heavy (non-hydrogen) atoms. The zero-order valence-corrected chi connectivity index (χ0v) is 10.9. The Labute approximate surface area is 112 Å². The molecule has 1 aromatic carbocycles. The van der Waals surface area contributed by atoms with E-state index in [1.807, 2.05) is 12.1 Å². The van der Waals surface area contributed by atoms with E-state index in [2.05, 4.69) is 9.64 Å². The standard InChI is InChI=1S/C14H17NO4/c1-11(16)19-10-14(17)12-2-4-13(5-3-12)15-6-8-18-9-7-15/h2-5H,6-10H2,1H3. The lowest BCUT2D eigenvalue weighted by molar-refractivity contribution is -0.139. The maximum absolute atomic E-state index is 11.7. The van der Waals surface area contributed by atoms with Crippen LogP contribution in [0.3, 0.4) is 0 Å². The highest BCUT2D eigenvalue weighted by atomic mass is 16.5. The molecule has 0 bridgehead atoms. The van der Waals surface area contributed by atoms with Crippen molar-refractivity contribution in [3.8, 4) is 0 Å². The number of Topliss-reactive ketones (excluding diaryl/α,β-unsaturated/α-hetero) is 1. The van der Waals surface area contributed by atoms with E-state index in [0.717, 1.165) is 32.0 Å². The second-order valence-corrected chi connectivity index (χ2v) is 4.35. The summed E-state index contributed by atoms with van der Waals surface area (Å²) < 4.78 is 9.98. The molecule has 0 atom stereocenters. The van der Waals surface area contributed by atoms with E-state index in [1.165, 1.54) is 6.92 Å². The monoisotopic (exact) mass is 263 g/mol. The molecule has 0 unspecified atom stereocenters. The van der Waals surface area contributed by atoms with Gasteiger partial charge in [-0.15, -0.1) is 0 Å². The minimum atomic E-state index is -0.446. The molecule has 0 N–H and O–H groups in total. The molecular formula is C14H17NO4. The first-order chi connectivity index (χ1) is 9.16. The van der Waals surface area contributed by atoms with E-state index in [1.54, 1.807) is 12.1 Å². The molecule has 1 aliphatic heterocycles. The zero-order valence-electron chi connectivity index (χ0n) is 10.9. The summed E-state index contributed by atoms with van der Waals surface area (Å²) in [5, 5.41) is 0. The summed E-state index contributed by atoms with van der Waals surface area (Å²) in [6, 6.07) is 7.34. The Hall–Kier alpha value is -1.88. The van der Waals surface area contributed by atoms with Gasteiger partial charge in [0.1, 0.15) is 0 Å². The van der Waals surface area contributed by atoms with Gasteiger partial charge in [0.2, 0.25) is 0 Å². The fourth-order valence-corrected chi connectivity index (χ4v) is 1.93. The van der Waals surface area contributed by atoms with Crippen LogP contribution in [0.25, 0.3) is 0 Å². The van der Waals surface area contributed by atoms with Gasteiger partial charge in [-0.3, -0.25) is 9.59 Å². The van der Waals surface area contributed by atoms with E-state index >= 15 is 0 Å². The molecule has 0 amide bonds. The Kier molecular flexibility index (Phi) is 4.52. The average Bonchev–Trinajstić information content (AvgIpc) is 2.46. The summed E-state index contributed by atoms with van der Waals surface area (Å²) in [5.41, 5.74) is 1.63. The third kappa shape index (κ3) is 3.79. The predicted octanol–water partition coefficient (Wildman–Crippen LogP) is 1.27. The van der Waals surface area contributed by atoms with Crippen molar-refractivity contribution in [1.29, 1.82) is 0 Å². The number of benzene rings is 1. The van der Waals surface area contributed by atoms with Crippen molar-refractivity contribution in [3.05, 3.63) is 29.8 Å². The van der Waals surface area contributed by atoms with Crippen molar-refractivity contribution < 1.29 is 19.1 Å². The summed E-state index contributed by atoms with van der Waals surface area (Å²) in [7, 11) is 0. The van der Waals surface area contributed by atoms with Gasteiger partial charge in [-0.1, -0.05) is 0 Å². The van der Waals surface area contributed by atoms with Crippen LogP contribution in [0.1, 0.15) is 17.3 Å². The topological polar surface area (TPSA) is 55.8 Å². The maximum Gasteiger partial charge on any atom is 0.303 e. The Morgan fingerprint density at radius 1 is 1.21 bits per heavy atom. The molecule has 1 fully saturated rings. The Morgan fingerprint density at radius 3 is 2.42 bits per heavy atom. The summed E-state index contributed by atoms with van der Waals surface area (Å²) in [5.74, 6) is -0.637. The van der Waals surface area contributed by atoms with Crippen LogP contribution in [0.5, 0.6) is 0 Å². The molecule has 0 aromatic heterocycles. The molecule has 1 aromatic rings. The average molecular weight is 263 g/mol. The summed E-state index contributed by atoms with van der Waals surface area (Å²) in [6.45, 7) is 4.27. The second kappa shape index (κ2) is 6.33. The lowest BCUT2D eigenvalue weighted by Crippen LogP contribution is -2.36. The van der Waals surface area contributed by atoms with Gasteiger partial charge in [0.05, 0.1) is 13.2 Å². The number of hydrogen-bond donors (Lipinski definition) is 0. The van der Waals surface area contributed by atoms with Gasteiger partial charge >= 0.3 is 5.97 Å². The third-order valence-electron chi connectivity index (χ3n) is 2.97. The molecule has 5 heteroatoms. The lowest BCUT2D eigenvalue weighted by atomic mass is 10.1. The Balaban J connectivity index is 1.97. The van der Waals surface area contributed by atoms with E-state index < -0.39 is 5.97 Å². The smallest absolute Gasteiger partial charge is 0.303 e. The molecule has 5 nitrogen and oxygen atoms in total. The molecule has 0 saturated carbocycles. The highest BCUT2D eigenvalue weighted by Crippen LogP contribution is 2.16. The molecular weight excluding hydrogens is 246 g/mol. The van der Waals surface area contributed by atoms with Gasteiger partial charge < -0.3 is 14.4 Å². The van der Waals surface area contributed by atoms with Crippen LogP contribution < -0.4 is 4.90 Å². The molecule has 1 heterocycles. The number of carbonyl (C=O) groups is 2. The van der Waals surface area contributed by atoms with Gasteiger partial charge in [0.25, 0.3) is 0 Å². The normalized spacial score (nSPS) is 15.1. The fourth-order valence-electron chi connectivity index (χ4n) is 1.93. The number of ether oxygens (including phenoxy) is 2. The van der Waals surface area contributed by atoms with E-state index in [9.17, 15) is 9.59 Å². The minimum absolute atomic E-state index is 0.191. The predicted molar refractivity (Wildman–Crippen MR) is 70.4 cm³/mol. The van der Waals surface area contributed by atoms with E-state index in [4.69, 9.17) is 4.74 Å². The van der Waals surface area contributed by atoms with Crippen LogP contribution in [-0.4, -0.2) is 44.7 Å².